The average molecular weight is 224 g/mol. The van der Waals surface area contributed by atoms with Crippen LogP contribution in [0, 0.1) is 0 Å². The molecule has 1 N–H and O–H groups in total. The first-order chi connectivity index (χ1) is 7.43. The lowest BCUT2D eigenvalue weighted by atomic mass is 10.1. The highest BCUT2D eigenvalue weighted by molar-refractivity contribution is 7.99. The number of hydrogen-bond donors (Lipinski definition) is 1. The third-order valence-corrected chi connectivity index (χ3v) is 4.35. The summed E-state index contributed by atoms with van der Waals surface area (Å²) < 4.78 is 5.44. The lowest BCUT2D eigenvalue weighted by Gasteiger charge is -2.22. The third kappa shape index (κ3) is 1.93. The van der Waals surface area contributed by atoms with Crippen molar-refractivity contribution in [3.63, 3.8) is 0 Å². The molecule has 3 nitrogen and oxygen atoms in total. The molecule has 1 aliphatic carbocycles. The van der Waals surface area contributed by atoms with Gasteiger partial charge in [0, 0.05) is 36.1 Å². The van der Waals surface area contributed by atoms with Gasteiger partial charge in [-0.3, -0.25) is 0 Å². The van der Waals surface area contributed by atoms with E-state index in [1.54, 1.807) is 0 Å². The van der Waals surface area contributed by atoms with E-state index in [2.05, 4.69) is 10.5 Å². The highest BCUT2D eigenvalue weighted by atomic mass is 32.2. The van der Waals surface area contributed by atoms with Gasteiger partial charge in [-0.05, 0) is 19.3 Å². The van der Waals surface area contributed by atoms with E-state index >= 15 is 0 Å². The predicted octanol–water partition coefficient (Wildman–Crippen LogP) is 1.41. The van der Waals surface area contributed by atoms with E-state index in [4.69, 9.17) is 4.52 Å². The van der Waals surface area contributed by atoms with Crippen molar-refractivity contribution in [2.75, 3.05) is 18.1 Å². The van der Waals surface area contributed by atoms with Gasteiger partial charge in [0.25, 0.3) is 0 Å². The van der Waals surface area contributed by atoms with Gasteiger partial charge in [-0.25, -0.2) is 0 Å². The molecule has 0 bridgehead atoms. The maximum absolute atomic E-state index is 5.44. The van der Waals surface area contributed by atoms with Crippen molar-refractivity contribution >= 4 is 11.8 Å². The van der Waals surface area contributed by atoms with Gasteiger partial charge in [0.1, 0.15) is 5.76 Å². The Hall–Kier alpha value is -0.480. The summed E-state index contributed by atoms with van der Waals surface area (Å²) in [4.78, 5) is 0. The fourth-order valence-electron chi connectivity index (χ4n) is 2.43. The molecule has 4 heteroatoms. The zero-order valence-electron chi connectivity index (χ0n) is 8.79. The average Bonchev–Trinajstić information content (AvgIpc) is 2.85. The van der Waals surface area contributed by atoms with Crippen molar-refractivity contribution in [1.82, 2.24) is 10.5 Å². The summed E-state index contributed by atoms with van der Waals surface area (Å²) in [6.07, 6.45) is 4.57. The molecule has 0 spiro atoms. The van der Waals surface area contributed by atoms with E-state index in [-0.39, 0.29) is 0 Å². The Morgan fingerprint density at radius 2 is 2.47 bits per heavy atom. The molecule has 0 amide bonds. The molecule has 0 radical (unpaired) electrons. The first kappa shape index (κ1) is 9.73. The van der Waals surface area contributed by atoms with Crippen LogP contribution >= 0.6 is 11.8 Å². The number of nitrogens with zero attached hydrogens (tertiary/aromatic N) is 1. The van der Waals surface area contributed by atoms with Crippen LogP contribution in [0.15, 0.2) is 4.52 Å². The largest absolute Gasteiger partial charge is 0.361 e. The van der Waals surface area contributed by atoms with E-state index < -0.39 is 0 Å². The van der Waals surface area contributed by atoms with Crippen LogP contribution in [0.3, 0.4) is 0 Å². The monoisotopic (exact) mass is 224 g/mol. The summed E-state index contributed by atoms with van der Waals surface area (Å²) in [6, 6.07) is 0.585. The smallest absolute Gasteiger partial charge is 0.141 e. The molecule has 1 aliphatic heterocycles. The number of aromatic nitrogens is 1. The molecule has 82 valence electrons. The molecular weight excluding hydrogens is 208 g/mol. The van der Waals surface area contributed by atoms with Gasteiger partial charge in [0.15, 0.2) is 0 Å². The first-order valence-corrected chi connectivity index (χ1v) is 6.86. The molecule has 1 aromatic heterocycles. The van der Waals surface area contributed by atoms with E-state index in [1.807, 2.05) is 11.8 Å². The summed E-state index contributed by atoms with van der Waals surface area (Å²) in [5.74, 6) is 3.59. The van der Waals surface area contributed by atoms with Crippen molar-refractivity contribution in [3.8, 4) is 0 Å². The molecule has 1 atom stereocenters. The van der Waals surface area contributed by atoms with Crippen LogP contribution in [0.25, 0.3) is 0 Å². The third-order valence-electron chi connectivity index (χ3n) is 3.22. The Morgan fingerprint density at radius 3 is 3.33 bits per heavy atom. The van der Waals surface area contributed by atoms with Gasteiger partial charge in [-0.15, -0.1) is 0 Å². The van der Waals surface area contributed by atoms with Crippen LogP contribution < -0.4 is 5.32 Å². The second kappa shape index (κ2) is 4.18. The second-order valence-corrected chi connectivity index (χ2v) is 5.46. The second-order valence-electron chi connectivity index (χ2n) is 4.31. The molecule has 2 aliphatic rings. The highest BCUT2D eigenvalue weighted by Gasteiger charge is 2.23. The fourth-order valence-corrected chi connectivity index (χ4v) is 3.38. The lowest BCUT2D eigenvalue weighted by molar-refractivity contribution is 0.359. The number of aryl methyl sites for hydroxylation is 1. The van der Waals surface area contributed by atoms with E-state index in [1.165, 1.54) is 35.6 Å². The minimum Gasteiger partial charge on any atom is -0.361 e. The molecule has 1 aromatic rings. The van der Waals surface area contributed by atoms with Gasteiger partial charge in [0.2, 0.25) is 0 Å². The minimum atomic E-state index is 0.585. The SMILES string of the molecule is C1Cc2noc(CC3CSCCN3)c2C1. The Balaban J connectivity index is 1.70. The Morgan fingerprint density at radius 1 is 1.47 bits per heavy atom. The fraction of sp³-hybridized carbons (Fsp3) is 0.727. The zero-order valence-corrected chi connectivity index (χ0v) is 9.61. The van der Waals surface area contributed by atoms with Crippen molar-refractivity contribution in [1.29, 1.82) is 0 Å². The van der Waals surface area contributed by atoms with Gasteiger partial charge in [-0.1, -0.05) is 5.16 Å². The summed E-state index contributed by atoms with van der Waals surface area (Å²) in [7, 11) is 0. The van der Waals surface area contributed by atoms with Gasteiger partial charge >= 0.3 is 0 Å². The molecule has 3 rings (SSSR count). The maximum Gasteiger partial charge on any atom is 0.141 e. The van der Waals surface area contributed by atoms with Crippen LogP contribution in [0.4, 0.5) is 0 Å². The lowest BCUT2D eigenvalue weighted by Crippen LogP contribution is -2.38. The summed E-state index contributed by atoms with van der Waals surface area (Å²) in [5, 5.41) is 7.69. The summed E-state index contributed by atoms with van der Waals surface area (Å²) in [5.41, 5.74) is 2.63. The molecule has 1 unspecified atom stereocenters. The minimum absolute atomic E-state index is 0.585. The molecule has 0 saturated carbocycles. The molecule has 1 saturated heterocycles. The first-order valence-electron chi connectivity index (χ1n) is 5.71. The Bertz CT molecular complexity index is 344. The topological polar surface area (TPSA) is 38.1 Å². The molecular formula is C11H16N2OS. The van der Waals surface area contributed by atoms with Gasteiger partial charge in [-0.2, -0.15) is 11.8 Å². The number of fused-ring (bicyclic) bond motifs is 1. The number of rotatable bonds is 2. The Labute approximate surface area is 94.0 Å². The van der Waals surface area contributed by atoms with Crippen molar-refractivity contribution in [2.24, 2.45) is 0 Å². The van der Waals surface area contributed by atoms with Crippen molar-refractivity contribution < 1.29 is 4.52 Å². The number of nitrogens with one attached hydrogen (secondary N) is 1. The number of thioether (sulfide) groups is 1. The van der Waals surface area contributed by atoms with Crippen LogP contribution in [0.2, 0.25) is 0 Å². The highest BCUT2D eigenvalue weighted by Crippen LogP contribution is 2.26. The van der Waals surface area contributed by atoms with Gasteiger partial charge < -0.3 is 9.84 Å². The summed E-state index contributed by atoms with van der Waals surface area (Å²) in [6.45, 7) is 1.13. The van der Waals surface area contributed by atoms with E-state index in [0.717, 1.165) is 25.1 Å². The van der Waals surface area contributed by atoms with Crippen molar-refractivity contribution in [2.45, 2.75) is 31.7 Å². The summed E-state index contributed by atoms with van der Waals surface area (Å²) >= 11 is 2.03. The molecule has 1 fully saturated rings. The molecule has 0 aromatic carbocycles. The number of hydrogen-bond acceptors (Lipinski definition) is 4. The molecule has 15 heavy (non-hydrogen) atoms. The van der Waals surface area contributed by atoms with Crippen LogP contribution in [0.5, 0.6) is 0 Å². The zero-order chi connectivity index (χ0) is 10.1. The van der Waals surface area contributed by atoms with Crippen LogP contribution in [0.1, 0.15) is 23.4 Å². The Kier molecular flexibility index (Phi) is 2.71. The van der Waals surface area contributed by atoms with E-state index in [0.29, 0.717) is 6.04 Å². The van der Waals surface area contributed by atoms with E-state index in [9.17, 15) is 0 Å². The van der Waals surface area contributed by atoms with Crippen molar-refractivity contribution in [3.05, 3.63) is 17.0 Å². The van der Waals surface area contributed by atoms with Gasteiger partial charge in [0.05, 0.1) is 5.69 Å². The quantitative estimate of drug-likeness (QED) is 0.824. The van der Waals surface area contributed by atoms with Crippen LogP contribution in [-0.2, 0) is 19.3 Å². The van der Waals surface area contributed by atoms with Crippen LogP contribution in [-0.4, -0.2) is 29.2 Å². The standard InChI is InChI=1S/C11H16N2OS/c1-2-9-10(3-1)13-14-11(9)6-8-7-15-5-4-12-8/h8,12H,1-7H2. The maximum atomic E-state index is 5.44. The molecule has 2 heterocycles. The predicted molar refractivity (Wildman–Crippen MR) is 61.3 cm³/mol. The normalized spacial score (nSPS) is 25.5.